The van der Waals surface area contributed by atoms with Crippen LogP contribution in [0.2, 0.25) is 0 Å². The Morgan fingerprint density at radius 1 is 1.38 bits per heavy atom. The van der Waals surface area contributed by atoms with Crippen molar-refractivity contribution < 1.29 is 0 Å². The molecule has 1 aliphatic rings. The van der Waals surface area contributed by atoms with Gasteiger partial charge in [0.15, 0.2) is 0 Å². The average molecular weight is 244 g/mol. The highest BCUT2D eigenvalue weighted by Crippen LogP contribution is 2.30. The summed E-state index contributed by atoms with van der Waals surface area (Å²) in [5.74, 6) is 2.57. The van der Waals surface area contributed by atoms with Gasteiger partial charge in [0.1, 0.15) is 0 Å². The summed E-state index contributed by atoms with van der Waals surface area (Å²) >= 11 is 2.12. The zero-order valence-corrected chi connectivity index (χ0v) is 11.9. The van der Waals surface area contributed by atoms with E-state index in [0.29, 0.717) is 11.8 Å². The summed E-state index contributed by atoms with van der Waals surface area (Å²) in [4.78, 5) is 0. The van der Waals surface area contributed by atoms with Gasteiger partial charge < -0.3 is 11.1 Å². The summed E-state index contributed by atoms with van der Waals surface area (Å²) < 4.78 is 0. The number of nitrogens with two attached hydrogens (primary N) is 1. The standard InChI is InChI=1S/C13H28N2S/c1-4-16-13-7-5-6-12(13)15-9-11(8-14)10(2)3/h10-13,15H,4-9,14H2,1-3H3. The number of rotatable bonds is 7. The minimum absolute atomic E-state index is 0.632. The molecule has 0 bridgehead atoms. The lowest BCUT2D eigenvalue weighted by atomic mass is 9.95. The molecule has 0 aliphatic heterocycles. The molecule has 0 amide bonds. The molecule has 0 saturated heterocycles. The predicted molar refractivity (Wildman–Crippen MR) is 74.9 cm³/mol. The van der Waals surface area contributed by atoms with Gasteiger partial charge >= 0.3 is 0 Å². The van der Waals surface area contributed by atoms with E-state index in [2.05, 4.69) is 37.8 Å². The fourth-order valence-corrected chi connectivity index (χ4v) is 3.69. The number of hydrogen-bond acceptors (Lipinski definition) is 3. The van der Waals surface area contributed by atoms with Gasteiger partial charge in [-0.2, -0.15) is 11.8 Å². The molecule has 0 aromatic carbocycles. The van der Waals surface area contributed by atoms with Crippen LogP contribution in [0.4, 0.5) is 0 Å². The molecule has 1 aliphatic carbocycles. The minimum Gasteiger partial charge on any atom is -0.330 e. The molecular formula is C13H28N2S. The van der Waals surface area contributed by atoms with Crippen molar-refractivity contribution in [2.24, 2.45) is 17.6 Å². The summed E-state index contributed by atoms with van der Waals surface area (Å²) in [7, 11) is 0. The van der Waals surface area contributed by atoms with Gasteiger partial charge in [-0.1, -0.05) is 27.2 Å². The highest BCUT2D eigenvalue weighted by molar-refractivity contribution is 7.99. The molecule has 1 fully saturated rings. The van der Waals surface area contributed by atoms with Gasteiger partial charge in [-0.15, -0.1) is 0 Å². The Morgan fingerprint density at radius 3 is 2.69 bits per heavy atom. The molecule has 1 rings (SSSR count). The van der Waals surface area contributed by atoms with Gasteiger partial charge in [0.05, 0.1) is 0 Å². The topological polar surface area (TPSA) is 38.0 Å². The summed E-state index contributed by atoms with van der Waals surface area (Å²) in [6, 6.07) is 0.734. The Morgan fingerprint density at radius 2 is 2.12 bits per heavy atom. The van der Waals surface area contributed by atoms with Gasteiger partial charge in [-0.25, -0.2) is 0 Å². The Hall–Kier alpha value is 0.270. The SMILES string of the molecule is CCSC1CCCC1NCC(CN)C(C)C. The third-order valence-electron chi connectivity index (χ3n) is 3.72. The predicted octanol–water partition coefficient (Wildman–Crippen LogP) is 2.48. The van der Waals surface area contributed by atoms with E-state index >= 15 is 0 Å². The first-order valence-corrected chi connectivity index (χ1v) is 7.79. The molecule has 0 radical (unpaired) electrons. The van der Waals surface area contributed by atoms with E-state index in [1.165, 1.54) is 25.0 Å². The second-order valence-electron chi connectivity index (χ2n) is 5.18. The van der Waals surface area contributed by atoms with E-state index in [4.69, 9.17) is 5.73 Å². The molecular weight excluding hydrogens is 216 g/mol. The lowest BCUT2D eigenvalue weighted by Crippen LogP contribution is -2.40. The van der Waals surface area contributed by atoms with Crippen LogP contribution in [0, 0.1) is 11.8 Å². The highest BCUT2D eigenvalue weighted by atomic mass is 32.2. The Balaban J connectivity index is 2.30. The van der Waals surface area contributed by atoms with Crippen LogP contribution in [-0.4, -0.2) is 30.1 Å². The summed E-state index contributed by atoms with van der Waals surface area (Å²) in [6.45, 7) is 8.71. The molecule has 2 nitrogen and oxygen atoms in total. The third-order valence-corrected chi connectivity index (χ3v) is 5.05. The molecule has 0 heterocycles. The fraction of sp³-hybridized carbons (Fsp3) is 1.00. The maximum atomic E-state index is 5.81. The first kappa shape index (κ1) is 14.3. The normalized spacial score (nSPS) is 27.6. The molecule has 3 atom stereocenters. The lowest BCUT2D eigenvalue weighted by Gasteiger charge is -2.25. The van der Waals surface area contributed by atoms with Crippen molar-refractivity contribution in [3.8, 4) is 0 Å². The van der Waals surface area contributed by atoms with Crippen molar-refractivity contribution in [2.75, 3.05) is 18.8 Å². The third kappa shape index (κ3) is 4.27. The maximum Gasteiger partial charge on any atom is 0.0201 e. The quantitative estimate of drug-likeness (QED) is 0.722. The number of thioether (sulfide) groups is 1. The van der Waals surface area contributed by atoms with Crippen molar-refractivity contribution in [3.63, 3.8) is 0 Å². The Bertz CT molecular complexity index is 185. The maximum absolute atomic E-state index is 5.81. The average Bonchev–Trinajstić information content (AvgIpc) is 2.67. The van der Waals surface area contributed by atoms with Crippen LogP contribution >= 0.6 is 11.8 Å². The molecule has 0 aromatic rings. The van der Waals surface area contributed by atoms with E-state index in [0.717, 1.165) is 24.4 Å². The molecule has 0 spiro atoms. The van der Waals surface area contributed by atoms with Crippen molar-refractivity contribution >= 4 is 11.8 Å². The van der Waals surface area contributed by atoms with Crippen LogP contribution in [0.3, 0.4) is 0 Å². The van der Waals surface area contributed by atoms with E-state index < -0.39 is 0 Å². The molecule has 0 aromatic heterocycles. The van der Waals surface area contributed by atoms with Gasteiger partial charge in [0.2, 0.25) is 0 Å². The summed E-state index contributed by atoms with van der Waals surface area (Å²) in [5, 5.41) is 4.59. The second-order valence-corrected chi connectivity index (χ2v) is 6.70. The summed E-state index contributed by atoms with van der Waals surface area (Å²) in [5.41, 5.74) is 5.81. The van der Waals surface area contributed by atoms with Crippen LogP contribution in [-0.2, 0) is 0 Å². The van der Waals surface area contributed by atoms with Crippen LogP contribution in [0.15, 0.2) is 0 Å². The van der Waals surface area contributed by atoms with Crippen molar-refractivity contribution in [1.82, 2.24) is 5.32 Å². The number of nitrogens with one attached hydrogen (secondary N) is 1. The van der Waals surface area contributed by atoms with Crippen LogP contribution in [0.25, 0.3) is 0 Å². The zero-order valence-electron chi connectivity index (χ0n) is 11.0. The van der Waals surface area contributed by atoms with Gasteiger partial charge in [0.25, 0.3) is 0 Å². The molecule has 96 valence electrons. The van der Waals surface area contributed by atoms with Gasteiger partial charge in [-0.05, 0) is 43.5 Å². The molecule has 3 N–H and O–H groups in total. The van der Waals surface area contributed by atoms with E-state index in [1.807, 2.05) is 0 Å². The van der Waals surface area contributed by atoms with Crippen molar-refractivity contribution in [2.45, 2.75) is 51.3 Å². The van der Waals surface area contributed by atoms with Gasteiger partial charge in [0, 0.05) is 11.3 Å². The monoisotopic (exact) mass is 244 g/mol. The Kier molecular flexibility index (Phi) is 6.78. The largest absolute Gasteiger partial charge is 0.330 e. The van der Waals surface area contributed by atoms with Gasteiger partial charge in [-0.3, -0.25) is 0 Å². The Labute approximate surface area is 105 Å². The summed E-state index contributed by atoms with van der Waals surface area (Å²) in [6.07, 6.45) is 4.14. The first-order chi connectivity index (χ1) is 7.69. The van der Waals surface area contributed by atoms with E-state index in [9.17, 15) is 0 Å². The molecule has 3 heteroatoms. The number of hydrogen-bond donors (Lipinski definition) is 2. The van der Waals surface area contributed by atoms with E-state index in [-0.39, 0.29) is 0 Å². The van der Waals surface area contributed by atoms with Crippen LogP contribution in [0.1, 0.15) is 40.0 Å². The highest BCUT2D eigenvalue weighted by Gasteiger charge is 2.27. The molecule has 3 unspecified atom stereocenters. The second kappa shape index (κ2) is 7.57. The van der Waals surface area contributed by atoms with Crippen molar-refractivity contribution in [3.05, 3.63) is 0 Å². The van der Waals surface area contributed by atoms with Crippen LogP contribution in [0.5, 0.6) is 0 Å². The van der Waals surface area contributed by atoms with E-state index in [1.54, 1.807) is 0 Å². The zero-order chi connectivity index (χ0) is 12.0. The van der Waals surface area contributed by atoms with Crippen LogP contribution < -0.4 is 11.1 Å². The van der Waals surface area contributed by atoms with Crippen molar-refractivity contribution in [1.29, 1.82) is 0 Å². The molecule has 16 heavy (non-hydrogen) atoms. The smallest absolute Gasteiger partial charge is 0.0201 e. The molecule has 1 saturated carbocycles. The lowest BCUT2D eigenvalue weighted by molar-refractivity contribution is 0.351. The fourth-order valence-electron chi connectivity index (χ4n) is 2.47. The first-order valence-electron chi connectivity index (χ1n) is 6.74. The minimum atomic E-state index is 0.632.